The lowest BCUT2D eigenvalue weighted by Crippen LogP contribution is -2.20. The molecule has 0 fully saturated rings. The molecule has 1 heterocycles. The van der Waals surface area contributed by atoms with Gasteiger partial charge in [-0.05, 0) is 31.2 Å². The van der Waals surface area contributed by atoms with E-state index in [1.165, 1.54) is 0 Å². The van der Waals surface area contributed by atoms with Crippen LogP contribution in [0.2, 0.25) is 10.0 Å². The third-order valence-corrected chi connectivity index (χ3v) is 3.22. The van der Waals surface area contributed by atoms with Crippen LogP contribution in [-0.4, -0.2) is 17.0 Å². The Bertz CT molecular complexity index is 483. The van der Waals surface area contributed by atoms with Crippen molar-refractivity contribution in [2.75, 3.05) is 7.05 Å². The molecule has 90 valence electrons. The minimum absolute atomic E-state index is 0.115. The smallest absolute Gasteiger partial charge is 0.123 e. The van der Waals surface area contributed by atoms with E-state index in [1.807, 2.05) is 25.4 Å². The molecule has 0 spiro atoms. The number of nitrogens with one attached hydrogen (secondary N) is 2. The van der Waals surface area contributed by atoms with E-state index in [0.29, 0.717) is 10.0 Å². The van der Waals surface area contributed by atoms with Gasteiger partial charge in [0.2, 0.25) is 0 Å². The highest BCUT2D eigenvalue weighted by Crippen LogP contribution is 2.24. The molecule has 5 heteroatoms. The molecular formula is C12H13Cl2N3. The molecule has 3 nitrogen and oxygen atoms in total. The van der Waals surface area contributed by atoms with Crippen molar-refractivity contribution in [3.8, 4) is 0 Å². The Kier molecular flexibility index (Phi) is 4.05. The van der Waals surface area contributed by atoms with Gasteiger partial charge in [-0.25, -0.2) is 4.98 Å². The number of nitrogens with zero attached hydrogens (tertiary/aromatic N) is 1. The van der Waals surface area contributed by atoms with Gasteiger partial charge in [-0.2, -0.15) is 0 Å². The zero-order valence-electron chi connectivity index (χ0n) is 9.37. The van der Waals surface area contributed by atoms with Crippen molar-refractivity contribution in [1.82, 2.24) is 15.3 Å². The minimum atomic E-state index is 0.115. The first-order valence-electron chi connectivity index (χ1n) is 5.31. The lowest BCUT2D eigenvalue weighted by molar-refractivity contribution is 0.563. The molecular weight excluding hydrogens is 257 g/mol. The standard InChI is InChI=1S/C12H13Cl2N3/c1-15-11(12-16-4-5-17-12)6-8-2-3-9(13)7-10(8)14/h2-5,7,11,15H,6H2,1H3,(H,16,17). The van der Waals surface area contributed by atoms with Crippen LogP contribution >= 0.6 is 23.2 Å². The predicted molar refractivity (Wildman–Crippen MR) is 70.6 cm³/mol. The maximum atomic E-state index is 6.15. The maximum absolute atomic E-state index is 6.15. The first-order valence-corrected chi connectivity index (χ1v) is 6.06. The van der Waals surface area contributed by atoms with Gasteiger partial charge in [0.15, 0.2) is 0 Å². The van der Waals surface area contributed by atoms with Crippen LogP contribution in [0.4, 0.5) is 0 Å². The molecule has 2 N–H and O–H groups in total. The topological polar surface area (TPSA) is 40.7 Å². The molecule has 1 aromatic heterocycles. The number of halogens is 2. The lowest BCUT2D eigenvalue weighted by atomic mass is 10.1. The molecule has 0 aliphatic heterocycles. The Hall–Kier alpha value is -1.03. The van der Waals surface area contributed by atoms with Gasteiger partial charge < -0.3 is 10.3 Å². The number of imidazole rings is 1. The van der Waals surface area contributed by atoms with E-state index in [4.69, 9.17) is 23.2 Å². The van der Waals surface area contributed by atoms with Gasteiger partial charge in [0.1, 0.15) is 5.82 Å². The number of likely N-dealkylation sites (N-methyl/N-ethyl adjacent to an activating group) is 1. The zero-order valence-corrected chi connectivity index (χ0v) is 10.9. The summed E-state index contributed by atoms with van der Waals surface area (Å²) in [7, 11) is 1.90. The molecule has 0 radical (unpaired) electrons. The van der Waals surface area contributed by atoms with Crippen LogP contribution in [0.25, 0.3) is 0 Å². The minimum Gasteiger partial charge on any atom is -0.347 e. The summed E-state index contributed by atoms with van der Waals surface area (Å²) in [6.45, 7) is 0. The summed E-state index contributed by atoms with van der Waals surface area (Å²) in [5, 5.41) is 4.54. The number of benzene rings is 1. The fourth-order valence-corrected chi connectivity index (χ4v) is 2.20. The summed E-state index contributed by atoms with van der Waals surface area (Å²) in [4.78, 5) is 7.34. The Morgan fingerprint density at radius 2 is 2.24 bits per heavy atom. The number of rotatable bonds is 4. The van der Waals surface area contributed by atoms with Gasteiger partial charge in [-0.1, -0.05) is 29.3 Å². The summed E-state index contributed by atoms with van der Waals surface area (Å²) < 4.78 is 0. The van der Waals surface area contributed by atoms with Gasteiger partial charge in [-0.15, -0.1) is 0 Å². The van der Waals surface area contributed by atoms with E-state index in [1.54, 1.807) is 12.3 Å². The summed E-state index contributed by atoms with van der Waals surface area (Å²) in [6, 6.07) is 5.66. The molecule has 0 saturated carbocycles. The fourth-order valence-electron chi connectivity index (χ4n) is 1.71. The van der Waals surface area contributed by atoms with Gasteiger partial charge >= 0.3 is 0 Å². The van der Waals surface area contributed by atoms with Gasteiger partial charge in [0.25, 0.3) is 0 Å². The average molecular weight is 270 g/mol. The van der Waals surface area contributed by atoms with Crippen molar-refractivity contribution in [3.63, 3.8) is 0 Å². The van der Waals surface area contributed by atoms with Crippen LogP contribution in [0.1, 0.15) is 17.4 Å². The molecule has 0 amide bonds. The van der Waals surface area contributed by atoms with Crippen LogP contribution in [0.15, 0.2) is 30.6 Å². The quantitative estimate of drug-likeness (QED) is 0.895. The summed E-state index contributed by atoms with van der Waals surface area (Å²) in [6.07, 6.45) is 4.31. The van der Waals surface area contributed by atoms with E-state index in [0.717, 1.165) is 17.8 Å². The zero-order chi connectivity index (χ0) is 12.3. The predicted octanol–water partition coefficient (Wildman–Crippen LogP) is 3.22. The Morgan fingerprint density at radius 1 is 1.41 bits per heavy atom. The van der Waals surface area contributed by atoms with E-state index >= 15 is 0 Å². The molecule has 2 rings (SSSR count). The normalized spacial score (nSPS) is 12.6. The third-order valence-electron chi connectivity index (χ3n) is 2.64. The summed E-state index contributed by atoms with van der Waals surface area (Å²) in [5.41, 5.74) is 1.05. The van der Waals surface area contributed by atoms with E-state index in [-0.39, 0.29) is 6.04 Å². The highest BCUT2D eigenvalue weighted by Gasteiger charge is 2.14. The van der Waals surface area contributed by atoms with Crippen molar-refractivity contribution in [2.45, 2.75) is 12.5 Å². The Morgan fingerprint density at radius 3 is 2.82 bits per heavy atom. The van der Waals surface area contributed by atoms with Crippen LogP contribution < -0.4 is 5.32 Å². The monoisotopic (exact) mass is 269 g/mol. The van der Waals surface area contributed by atoms with Crippen molar-refractivity contribution in [1.29, 1.82) is 0 Å². The van der Waals surface area contributed by atoms with Gasteiger partial charge in [0, 0.05) is 22.4 Å². The van der Waals surface area contributed by atoms with Crippen LogP contribution in [0.3, 0.4) is 0 Å². The van der Waals surface area contributed by atoms with Crippen molar-refractivity contribution >= 4 is 23.2 Å². The average Bonchev–Trinajstić information content (AvgIpc) is 2.81. The number of hydrogen-bond donors (Lipinski definition) is 2. The number of aromatic nitrogens is 2. The van der Waals surface area contributed by atoms with E-state index in [9.17, 15) is 0 Å². The molecule has 0 aliphatic rings. The van der Waals surface area contributed by atoms with Gasteiger partial charge in [-0.3, -0.25) is 0 Å². The molecule has 0 bridgehead atoms. The molecule has 0 saturated heterocycles. The number of hydrogen-bond acceptors (Lipinski definition) is 2. The highest BCUT2D eigenvalue weighted by atomic mass is 35.5. The third kappa shape index (κ3) is 3.00. The number of aromatic amines is 1. The van der Waals surface area contributed by atoms with Crippen molar-refractivity contribution < 1.29 is 0 Å². The maximum Gasteiger partial charge on any atom is 0.123 e. The second-order valence-corrected chi connectivity index (χ2v) is 4.60. The SMILES string of the molecule is CNC(Cc1ccc(Cl)cc1Cl)c1ncc[nH]1. The first-order chi connectivity index (χ1) is 8.20. The Balaban J connectivity index is 2.19. The van der Waals surface area contributed by atoms with Crippen LogP contribution in [-0.2, 0) is 6.42 Å². The van der Waals surface area contributed by atoms with Crippen molar-refractivity contribution in [3.05, 3.63) is 52.0 Å². The highest BCUT2D eigenvalue weighted by molar-refractivity contribution is 6.35. The second kappa shape index (κ2) is 5.54. The van der Waals surface area contributed by atoms with Crippen molar-refractivity contribution in [2.24, 2.45) is 0 Å². The Labute approximate surface area is 110 Å². The second-order valence-electron chi connectivity index (χ2n) is 3.76. The molecule has 2 aromatic rings. The molecule has 0 aliphatic carbocycles. The largest absolute Gasteiger partial charge is 0.347 e. The van der Waals surface area contributed by atoms with Crippen LogP contribution in [0, 0.1) is 0 Å². The number of H-pyrrole nitrogens is 1. The van der Waals surface area contributed by atoms with Crippen LogP contribution in [0.5, 0.6) is 0 Å². The molecule has 1 aromatic carbocycles. The van der Waals surface area contributed by atoms with E-state index < -0.39 is 0 Å². The van der Waals surface area contributed by atoms with Gasteiger partial charge in [0.05, 0.1) is 6.04 Å². The molecule has 1 atom stereocenters. The fraction of sp³-hybridized carbons (Fsp3) is 0.250. The molecule has 17 heavy (non-hydrogen) atoms. The summed E-state index contributed by atoms with van der Waals surface area (Å²) in [5.74, 6) is 0.901. The molecule has 1 unspecified atom stereocenters. The summed E-state index contributed by atoms with van der Waals surface area (Å²) >= 11 is 12.0. The lowest BCUT2D eigenvalue weighted by Gasteiger charge is -2.14. The van der Waals surface area contributed by atoms with E-state index in [2.05, 4.69) is 15.3 Å². The first kappa shape index (κ1) is 12.4.